The number of benzene rings is 2. The molecule has 1 N–H and O–H groups in total. The lowest BCUT2D eigenvalue weighted by Gasteiger charge is -2.30. The minimum Gasteiger partial charge on any atom is -0.352 e. The molecule has 2 aromatic carbocycles. The van der Waals surface area contributed by atoms with Crippen molar-refractivity contribution >= 4 is 23.4 Å². The van der Waals surface area contributed by atoms with Crippen molar-refractivity contribution in [1.82, 2.24) is 10.2 Å². The van der Waals surface area contributed by atoms with Gasteiger partial charge in [0.25, 0.3) is 0 Å². The zero-order valence-corrected chi connectivity index (χ0v) is 17.6. The van der Waals surface area contributed by atoms with Crippen molar-refractivity contribution in [2.24, 2.45) is 0 Å². The molecule has 2 amide bonds. The van der Waals surface area contributed by atoms with E-state index >= 15 is 0 Å². The van der Waals surface area contributed by atoms with E-state index in [1.165, 1.54) is 29.2 Å². The molecule has 1 unspecified atom stereocenters. The fourth-order valence-corrected chi connectivity index (χ4v) is 3.97. The predicted molar refractivity (Wildman–Crippen MR) is 112 cm³/mol. The molecule has 0 saturated heterocycles. The first-order valence-electron chi connectivity index (χ1n) is 10.1. The summed E-state index contributed by atoms with van der Waals surface area (Å²) < 4.78 is 28.4. The molecule has 0 bridgehead atoms. The molecule has 0 radical (unpaired) electrons. The van der Waals surface area contributed by atoms with Crippen LogP contribution in [0, 0.1) is 11.6 Å². The van der Waals surface area contributed by atoms with Crippen LogP contribution in [0.25, 0.3) is 0 Å². The average molecular weight is 435 g/mol. The highest BCUT2D eigenvalue weighted by atomic mass is 35.5. The molecule has 2 aromatic rings. The summed E-state index contributed by atoms with van der Waals surface area (Å²) >= 11 is 6.07. The fourth-order valence-electron chi connectivity index (χ4n) is 3.74. The summed E-state index contributed by atoms with van der Waals surface area (Å²) in [5.41, 5.74) is 0.345. The Bertz CT molecular complexity index is 896. The topological polar surface area (TPSA) is 49.4 Å². The van der Waals surface area contributed by atoms with Crippen molar-refractivity contribution in [3.63, 3.8) is 0 Å². The summed E-state index contributed by atoms with van der Waals surface area (Å²) in [4.78, 5) is 27.2. The number of amides is 2. The van der Waals surface area contributed by atoms with Crippen molar-refractivity contribution in [2.75, 3.05) is 0 Å². The molecule has 160 valence electrons. The Morgan fingerprint density at radius 2 is 1.77 bits per heavy atom. The largest absolute Gasteiger partial charge is 0.352 e. The van der Waals surface area contributed by atoms with Crippen molar-refractivity contribution in [2.45, 2.75) is 57.7 Å². The second kappa shape index (κ2) is 10.0. The van der Waals surface area contributed by atoms with Crippen LogP contribution in [0.1, 0.15) is 43.7 Å². The van der Waals surface area contributed by atoms with Crippen molar-refractivity contribution in [1.29, 1.82) is 0 Å². The van der Waals surface area contributed by atoms with Gasteiger partial charge in [0, 0.05) is 28.7 Å². The van der Waals surface area contributed by atoms with Gasteiger partial charge in [0.05, 0.1) is 6.42 Å². The van der Waals surface area contributed by atoms with Gasteiger partial charge < -0.3 is 10.2 Å². The lowest BCUT2D eigenvalue weighted by molar-refractivity contribution is -0.140. The summed E-state index contributed by atoms with van der Waals surface area (Å²) in [5, 5.41) is 3.11. The van der Waals surface area contributed by atoms with E-state index in [2.05, 4.69) is 5.32 Å². The number of hydrogen-bond donors (Lipinski definition) is 1. The molecule has 0 spiro atoms. The van der Waals surface area contributed by atoms with E-state index in [0.29, 0.717) is 0 Å². The number of halogens is 3. The van der Waals surface area contributed by atoms with E-state index < -0.39 is 23.6 Å². The van der Waals surface area contributed by atoms with E-state index in [1.807, 2.05) is 0 Å². The molecule has 4 nitrogen and oxygen atoms in total. The van der Waals surface area contributed by atoms with Crippen LogP contribution < -0.4 is 5.32 Å². The van der Waals surface area contributed by atoms with E-state index in [4.69, 9.17) is 11.6 Å². The molecule has 0 heterocycles. The number of carbonyl (C=O) groups excluding carboxylic acids is 2. The molecule has 7 heteroatoms. The van der Waals surface area contributed by atoms with Gasteiger partial charge in [0.15, 0.2) is 0 Å². The van der Waals surface area contributed by atoms with Crippen LogP contribution in [0.3, 0.4) is 0 Å². The smallest absolute Gasteiger partial charge is 0.242 e. The first-order valence-corrected chi connectivity index (χ1v) is 10.5. The van der Waals surface area contributed by atoms with Crippen molar-refractivity contribution in [3.05, 3.63) is 70.2 Å². The van der Waals surface area contributed by atoms with E-state index in [9.17, 15) is 18.4 Å². The Kier molecular flexibility index (Phi) is 7.43. The Labute approximate surface area is 180 Å². The molecule has 1 aliphatic rings. The van der Waals surface area contributed by atoms with Crippen LogP contribution in [0.2, 0.25) is 5.02 Å². The Hall–Kier alpha value is -2.47. The van der Waals surface area contributed by atoms with Crippen LogP contribution in [-0.2, 0) is 22.6 Å². The maximum absolute atomic E-state index is 14.2. The summed E-state index contributed by atoms with van der Waals surface area (Å²) in [7, 11) is 0. The molecule has 1 fully saturated rings. The van der Waals surface area contributed by atoms with Gasteiger partial charge in [-0.25, -0.2) is 8.78 Å². The number of rotatable bonds is 7. The number of nitrogens with one attached hydrogen (secondary N) is 1. The second-order valence-corrected chi connectivity index (χ2v) is 8.06. The van der Waals surface area contributed by atoms with Crippen LogP contribution in [0.5, 0.6) is 0 Å². The van der Waals surface area contributed by atoms with E-state index in [0.717, 1.165) is 25.7 Å². The number of carbonyl (C=O) groups is 2. The Morgan fingerprint density at radius 3 is 2.43 bits per heavy atom. The summed E-state index contributed by atoms with van der Waals surface area (Å²) in [5.74, 6) is -1.86. The quantitative estimate of drug-likeness (QED) is 0.690. The van der Waals surface area contributed by atoms with E-state index in [1.54, 1.807) is 25.1 Å². The molecular formula is C23H25ClF2N2O2. The van der Waals surface area contributed by atoms with Gasteiger partial charge in [-0.1, -0.05) is 48.7 Å². The van der Waals surface area contributed by atoms with Crippen molar-refractivity contribution < 1.29 is 18.4 Å². The Morgan fingerprint density at radius 1 is 1.10 bits per heavy atom. The molecule has 0 aliphatic heterocycles. The molecule has 0 aromatic heterocycles. The highest BCUT2D eigenvalue weighted by Crippen LogP contribution is 2.22. The third kappa shape index (κ3) is 5.36. The maximum atomic E-state index is 14.2. The summed E-state index contributed by atoms with van der Waals surface area (Å²) in [6.45, 7) is 1.50. The van der Waals surface area contributed by atoms with Gasteiger partial charge in [0.2, 0.25) is 11.8 Å². The standard InChI is InChI=1S/C23H25ClF2N2O2/c1-15(23(30)27-17-8-3-4-9-17)28(14-16-7-2-5-11-20(16)25)22(29)13-18-19(24)10-6-12-21(18)26/h2,5-7,10-12,15,17H,3-4,8-9,13-14H2,1H3,(H,27,30). The average Bonchev–Trinajstić information content (AvgIpc) is 3.22. The monoisotopic (exact) mass is 434 g/mol. The maximum Gasteiger partial charge on any atom is 0.242 e. The normalized spacial score (nSPS) is 15.1. The van der Waals surface area contributed by atoms with Gasteiger partial charge in [-0.3, -0.25) is 9.59 Å². The highest BCUT2D eigenvalue weighted by molar-refractivity contribution is 6.31. The molecular weight excluding hydrogens is 410 g/mol. The molecule has 1 saturated carbocycles. The molecule has 3 rings (SSSR count). The molecule has 30 heavy (non-hydrogen) atoms. The van der Waals surface area contributed by atoms with Crippen LogP contribution >= 0.6 is 11.6 Å². The first kappa shape index (κ1) is 22.2. The first-order chi connectivity index (χ1) is 14.4. The van der Waals surface area contributed by atoms with Crippen LogP contribution in [-0.4, -0.2) is 28.8 Å². The SMILES string of the molecule is CC(C(=O)NC1CCCC1)N(Cc1ccccc1F)C(=O)Cc1c(F)cccc1Cl. The minimum atomic E-state index is -0.844. The van der Waals surface area contributed by atoms with Gasteiger partial charge in [-0.05, 0) is 38.0 Å². The fraction of sp³-hybridized carbons (Fsp3) is 0.391. The van der Waals surface area contributed by atoms with Gasteiger partial charge >= 0.3 is 0 Å². The Balaban J connectivity index is 1.83. The van der Waals surface area contributed by atoms with Crippen molar-refractivity contribution in [3.8, 4) is 0 Å². The number of nitrogens with zero attached hydrogens (tertiary/aromatic N) is 1. The molecule has 1 atom stereocenters. The zero-order chi connectivity index (χ0) is 21.7. The summed E-state index contributed by atoms with van der Waals surface area (Å²) in [6.07, 6.45) is 3.61. The number of hydrogen-bond acceptors (Lipinski definition) is 2. The minimum absolute atomic E-state index is 0.0612. The van der Waals surface area contributed by atoms with E-state index in [-0.39, 0.29) is 41.1 Å². The van der Waals surface area contributed by atoms with Crippen LogP contribution in [0.15, 0.2) is 42.5 Å². The van der Waals surface area contributed by atoms with Gasteiger partial charge in [-0.15, -0.1) is 0 Å². The lowest BCUT2D eigenvalue weighted by atomic mass is 10.1. The van der Waals surface area contributed by atoms with Gasteiger partial charge in [0.1, 0.15) is 17.7 Å². The highest BCUT2D eigenvalue weighted by Gasteiger charge is 2.29. The molecule has 1 aliphatic carbocycles. The lowest BCUT2D eigenvalue weighted by Crippen LogP contribution is -2.50. The van der Waals surface area contributed by atoms with Crippen LogP contribution in [0.4, 0.5) is 8.78 Å². The second-order valence-electron chi connectivity index (χ2n) is 7.66. The summed E-state index contributed by atoms with van der Waals surface area (Å²) in [6, 6.07) is 9.52. The van der Waals surface area contributed by atoms with Gasteiger partial charge in [-0.2, -0.15) is 0 Å². The zero-order valence-electron chi connectivity index (χ0n) is 16.8. The third-order valence-electron chi connectivity index (χ3n) is 5.56. The third-order valence-corrected chi connectivity index (χ3v) is 5.91. The predicted octanol–water partition coefficient (Wildman–Crippen LogP) is 4.64.